The first-order chi connectivity index (χ1) is 15.7. The van der Waals surface area contributed by atoms with Crippen molar-refractivity contribution >= 4 is 33.4 Å². The van der Waals surface area contributed by atoms with Gasteiger partial charge in [-0.1, -0.05) is 55.1 Å². The first kappa shape index (κ1) is 23.8. The number of sulfonamides is 1. The van der Waals surface area contributed by atoms with Gasteiger partial charge < -0.3 is 4.90 Å². The number of likely N-dealkylation sites (tertiary alicyclic amines) is 1. The number of nitrogens with one attached hydrogen (secondary N) is 1. The summed E-state index contributed by atoms with van der Waals surface area (Å²) in [4.78, 5) is 27.5. The summed E-state index contributed by atoms with van der Waals surface area (Å²) in [5.41, 5.74) is 1.03. The van der Waals surface area contributed by atoms with E-state index >= 15 is 0 Å². The van der Waals surface area contributed by atoms with Crippen LogP contribution in [0.5, 0.6) is 0 Å². The minimum atomic E-state index is -3.94. The van der Waals surface area contributed by atoms with Crippen molar-refractivity contribution in [2.45, 2.75) is 62.7 Å². The number of rotatable bonds is 6. The quantitative estimate of drug-likeness (QED) is 0.642. The van der Waals surface area contributed by atoms with E-state index in [4.69, 9.17) is 11.6 Å². The highest BCUT2D eigenvalue weighted by Gasteiger charge is 2.50. The van der Waals surface area contributed by atoms with Crippen LogP contribution in [0.2, 0.25) is 5.02 Å². The zero-order valence-corrected chi connectivity index (χ0v) is 20.3. The van der Waals surface area contributed by atoms with Crippen molar-refractivity contribution in [1.82, 2.24) is 9.62 Å². The minimum absolute atomic E-state index is 0.263. The number of carbonyl (C=O) groups is 2. The molecule has 33 heavy (non-hydrogen) atoms. The van der Waals surface area contributed by atoms with Gasteiger partial charge in [-0.05, 0) is 67.5 Å². The zero-order chi connectivity index (χ0) is 23.6. The Balaban J connectivity index is 1.42. The number of benzene rings is 2. The van der Waals surface area contributed by atoms with Crippen LogP contribution < -0.4 is 4.72 Å². The van der Waals surface area contributed by atoms with E-state index in [1.54, 1.807) is 31.2 Å². The molecule has 1 aliphatic heterocycles. The van der Waals surface area contributed by atoms with Gasteiger partial charge in [0.1, 0.15) is 5.54 Å². The third-order valence-electron chi connectivity index (χ3n) is 6.88. The summed E-state index contributed by atoms with van der Waals surface area (Å²) in [6, 6.07) is 14.1. The lowest BCUT2D eigenvalue weighted by Crippen LogP contribution is -2.67. The molecular weight excluding hydrogens is 460 g/mol. The summed E-state index contributed by atoms with van der Waals surface area (Å²) in [5, 5.41) is 0.422. The summed E-state index contributed by atoms with van der Waals surface area (Å²) >= 11 is 5.92. The van der Waals surface area contributed by atoms with Crippen LogP contribution >= 0.6 is 11.6 Å². The Morgan fingerprint density at radius 1 is 1.09 bits per heavy atom. The normalized spacial score (nSPS) is 21.3. The van der Waals surface area contributed by atoms with Gasteiger partial charge in [0.25, 0.3) is 11.8 Å². The molecule has 0 spiro atoms. The van der Waals surface area contributed by atoms with Gasteiger partial charge in [0.2, 0.25) is 10.0 Å². The molecule has 8 heteroatoms. The molecular formula is C25H29ClN2O4S. The number of carbonyl (C=O) groups excluding carboxylic acids is 2. The number of hydrogen-bond donors (Lipinski definition) is 1. The van der Waals surface area contributed by atoms with Gasteiger partial charge in [-0.25, -0.2) is 8.42 Å². The first-order valence-electron chi connectivity index (χ1n) is 11.4. The third kappa shape index (κ3) is 5.25. The molecule has 0 aromatic heterocycles. The molecule has 1 saturated carbocycles. The Morgan fingerprint density at radius 3 is 2.39 bits per heavy atom. The van der Waals surface area contributed by atoms with E-state index in [1.165, 1.54) is 42.6 Å². The lowest BCUT2D eigenvalue weighted by atomic mass is 9.83. The summed E-state index contributed by atoms with van der Waals surface area (Å²) in [7, 11) is -3.94. The predicted octanol–water partition coefficient (Wildman–Crippen LogP) is 4.64. The van der Waals surface area contributed by atoms with E-state index in [-0.39, 0.29) is 11.7 Å². The van der Waals surface area contributed by atoms with Gasteiger partial charge in [0, 0.05) is 17.1 Å². The number of halogens is 1. The Kier molecular flexibility index (Phi) is 6.82. The van der Waals surface area contributed by atoms with Crippen molar-refractivity contribution in [3.05, 3.63) is 70.2 Å². The fourth-order valence-corrected chi connectivity index (χ4v) is 6.15. The molecule has 2 fully saturated rings. The van der Waals surface area contributed by atoms with Crippen LogP contribution in [0.1, 0.15) is 72.9 Å². The standard InChI is InChI=1S/C25H29ClN2O4S/c1-25(24(30)27-33(31,32)17-18-6-5-9-22(26)16-18)14-15-28(25)23(29)21-12-10-20(11-13-21)19-7-3-2-4-8-19/h5-6,9-13,16,19H,2-4,7-8,14-15,17H2,1H3,(H,27,30). The molecule has 2 amide bonds. The van der Waals surface area contributed by atoms with E-state index in [0.29, 0.717) is 35.0 Å². The Hall–Kier alpha value is -2.38. The van der Waals surface area contributed by atoms with E-state index in [0.717, 1.165) is 0 Å². The van der Waals surface area contributed by atoms with Gasteiger partial charge >= 0.3 is 0 Å². The molecule has 0 bridgehead atoms. The maximum absolute atomic E-state index is 13.1. The van der Waals surface area contributed by atoms with Crippen molar-refractivity contribution in [1.29, 1.82) is 0 Å². The summed E-state index contributed by atoms with van der Waals surface area (Å²) in [6.45, 7) is 2.01. The maximum atomic E-state index is 13.1. The van der Waals surface area contributed by atoms with Crippen LogP contribution in [-0.2, 0) is 20.6 Å². The zero-order valence-electron chi connectivity index (χ0n) is 18.7. The molecule has 1 unspecified atom stereocenters. The highest BCUT2D eigenvalue weighted by Crippen LogP contribution is 2.35. The third-order valence-corrected chi connectivity index (χ3v) is 8.33. The molecule has 2 aromatic rings. The van der Waals surface area contributed by atoms with Gasteiger partial charge in [-0.2, -0.15) is 0 Å². The molecule has 6 nitrogen and oxygen atoms in total. The second-order valence-electron chi connectivity index (χ2n) is 9.26. The van der Waals surface area contributed by atoms with Crippen molar-refractivity contribution in [3.63, 3.8) is 0 Å². The molecule has 1 saturated heterocycles. The largest absolute Gasteiger partial charge is 0.324 e. The van der Waals surface area contributed by atoms with Crippen LogP contribution in [0.4, 0.5) is 0 Å². The number of nitrogens with zero attached hydrogens (tertiary/aromatic N) is 1. The average Bonchev–Trinajstić information content (AvgIpc) is 2.77. The Bertz CT molecular complexity index is 1140. The number of amides is 2. The molecule has 0 radical (unpaired) electrons. The van der Waals surface area contributed by atoms with Gasteiger partial charge in [-0.15, -0.1) is 0 Å². The number of hydrogen-bond acceptors (Lipinski definition) is 4. The lowest BCUT2D eigenvalue weighted by Gasteiger charge is -2.48. The van der Waals surface area contributed by atoms with Crippen molar-refractivity contribution in [2.75, 3.05) is 6.54 Å². The molecule has 2 aromatic carbocycles. The van der Waals surface area contributed by atoms with Crippen molar-refractivity contribution in [2.24, 2.45) is 0 Å². The summed E-state index contributed by atoms with van der Waals surface area (Å²) in [5.74, 6) is -0.775. The average molecular weight is 489 g/mol. The SMILES string of the molecule is CC1(C(=O)NS(=O)(=O)Cc2cccc(Cl)c2)CCN1C(=O)c1ccc(C2CCCCC2)cc1. The van der Waals surface area contributed by atoms with Gasteiger partial charge in [-0.3, -0.25) is 14.3 Å². The molecule has 1 heterocycles. The van der Waals surface area contributed by atoms with Gasteiger partial charge in [0.05, 0.1) is 5.75 Å². The second-order valence-corrected chi connectivity index (χ2v) is 11.4. The monoisotopic (exact) mass is 488 g/mol. The molecule has 4 rings (SSSR count). The second kappa shape index (κ2) is 9.47. The van der Waals surface area contributed by atoms with E-state index in [9.17, 15) is 18.0 Å². The highest BCUT2D eigenvalue weighted by molar-refractivity contribution is 7.89. The molecule has 2 aliphatic rings. The molecule has 1 aliphatic carbocycles. The van der Waals surface area contributed by atoms with Crippen LogP contribution in [-0.4, -0.2) is 37.2 Å². The fourth-order valence-electron chi connectivity index (χ4n) is 4.74. The first-order valence-corrected chi connectivity index (χ1v) is 13.4. The van der Waals surface area contributed by atoms with Crippen LogP contribution in [0.15, 0.2) is 48.5 Å². The molecule has 1 atom stereocenters. The Morgan fingerprint density at radius 2 is 1.79 bits per heavy atom. The smallest absolute Gasteiger partial charge is 0.259 e. The highest BCUT2D eigenvalue weighted by atomic mass is 35.5. The lowest BCUT2D eigenvalue weighted by molar-refractivity contribution is -0.135. The minimum Gasteiger partial charge on any atom is -0.324 e. The van der Waals surface area contributed by atoms with Crippen LogP contribution in [0.25, 0.3) is 0 Å². The summed E-state index contributed by atoms with van der Waals surface area (Å²) in [6.07, 6.45) is 6.54. The predicted molar refractivity (Wildman–Crippen MR) is 129 cm³/mol. The van der Waals surface area contributed by atoms with Crippen LogP contribution in [0.3, 0.4) is 0 Å². The molecule has 176 valence electrons. The van der Waals surface area contributed by atoms with E-state index < -0.39 is 21.5 Å². The van der Waals surface area contributed by atoms with E-state index in [2.05, 4.69) is 4.72 Å². The van der Waals surface area contributed by atoms with Crippen molar-refractivity contribution < 1.29 is 18.0 Å². The maximum Gasteiger partial charge on any atom is 0.259 e. The Labute approximate surface area is 200 Å². The fraction of sp³-hybridized carbons (Fsp3) is 0.440. The van der Waals surface area contributed by atoms with Crippen LogP contribution in [0, 0.1) is 0 Å². The van der Waals surface area contributed by atoms with Gasteiger partial charge in [0.15, 0.2) is 0 Å². The van der Waals surface area contributed by atoms with Crippen molar-refractivity contribution in [3.8, 4) is 0 Å². The topological polar surface area (TPSA) is 83.6 Å². The summed E-state index contributed by atoms with van der Waals surface area (Å²) < 4.78 is 27.3. The molecule has 1 N–H and O–H groups in total. The van der Waals surface area contributed by atoms with E-state index in [1.807, 2.05) is 24.3 Å².